The SMILES string of the molecule is COc1ccc(C(CCOc2cccc(C)c2C)C(=O)O)cc1. The standard InChI is InChI=1S/C19H22O4/c1-13-5-4-6-18(14(13)2)23-12-11-17(19(20)21)15-7-9-16(22-3)10-8-15/h4-10,17H,11-12H2,1-3H3,(H,20,21). The highest BCUT2D eigenvalue weighted by molar-refractivity contribution is 5.76. The first-order valence-electron chi connectivity index (χ1n) is 7.58. The predicted octanol–water partition coefficient (Wildman–Crippen LogP) is 3.95. The van der Waals surface area contributed by atoms with Crippen LogP contribution in [0.1, 0.15) is 29.0 Å². The summed E-state index contributed by atoms with van der Waals surface area (Å²) in [7, 11) is 1.59. The first kappa shape index (κ1) is 16.9. The number of carbonyl (C=O) groups is 1. The van der Waals surface area contributed by atoms with Gasteiger partial charge in [0.15, 0.2) is 0 Å². The lowest BCUT2D eigenvalue weighted by Crippen LogP contribution is -2.15. The molecule has 0 aromatic heterocycles. The van der Waals surface area contributed by atoms with E-state index in [0.717, 1.165) is 22.4 Å². The van der Waals surface area contributed by atoms with Crippen LogP contribution >= 0.6 is 0 Å². The molecule has 0 aliphatic carbocycles. The minimum absolute atomic E-state index is 0.354. The second kappa shape index (κ2) is 7.68. The molecule has 0 fully saturated rings. The fourth-order valence-electron chi connectivity index (χ4n) is 2.44. The maximum absolute atomic E-state index is 11.5. The van der Waals surface area contributed by atoms with Gasteiger partial charge >= 0.3 is 5.97 Å². The van der Waals surface area contributed by atoms with E-state index in [-0.39, 0.29) is 0 Å². The predicted molar refractivity (Wildman–Crippen MR) is 89.4 cm³/mol. The average Bonchev–Trinajstić information content (AvgIpc) is 2.55. The zero-order valence-electron chi connectivity index (χ0n) is 13.7. The molecule has 0 saturated heterocycles. The van der Waals surface area contributed by atoms with Crippen LogP contribution in [0.2, 0.25) is 0 Å². The van der Waals surface area contributed by atoms with Crippen molar-refractivity contribution in [3.8, 4) is 11.5 Å². The number of aliphatic carboxylic acids is 1. The Kier molecular flexibility index (Phi) is 5.63. The molecule has 2 aromatic carbocycles. The number of benzene rings is 2. The van der Waals surface area contributed by atoms with Crippen LogP contribution in [0.4, 0.5) is 0 Å². The summed E-state index contributed by atoms with van der Waals surface area (Å²) in [4.78, 5) is 11.5. The van der Waals surface area contributed by atoms with E-state index in [4.69, 9.17) is 9.47 Å². The van der Waals surface area contributed by atoms with E-state index in [9.17, 15) is 9.90 Å². The van der Waals surface area contributed by atoms with Crippen molar-refractivity contribution in [2.24, 2.45) is 0 Å². The van der Waals surface area contributed by atoms with Gasteiger partial charge in [0.25, 0.3) is 0 Å². The van der Waals surface area contributed by atoms with Gasteiger partial charge < -0.3 is 14.6 Å². The molecule has 2 rings (SSSR count). The maximum Gasteiger partial charge on any atom is 0.311 e. The van der Waals surface area contributed by atoms with Crippen molar-refractivity contribution >= 4 is 5.97 Å². The summed E-state index contributed by atoms with van der Waals surface area (Å²) in [5.41, 5.74) is 3.00. The molecule has 0 saturated carbocycles. The number of methoxy groups -OCH3 is 1. The smallest absolute Gasteiger partial charge is 0.311 e. The normalized spacial score (nSPS) is 11.8. The molecule has 0 aliphatic rings. The monoisotopic (exact) mass is 314 g/mol. The highest BCUT2D eigenvalue weighted by atomic mass is 16.5. The van der Waals surface area contributed by atoms with Gasteiger partial charge in [-0.2, -0.15) is 0 Å². The molecule has 1 unspecified atom stereocenters. The van der Waals surface area contributed by atoms with Crippen molar-refractivity contribution in [1.29, 1.82) is 0 Å². The molecule has 4 heteroatoms. The molecule has 1 N–H and O–H groups in total. The van der Waals surface area contributed by atoms with Crippen molar-refractivity contribution in [2.45, 2.75) is 26.2 Å². The van der Waals surface area contributed by atoms with E-state index < -0.39 is 11.9 Å². The van der Waals surface area contributed by atoms with Crippen LogP contribution in [0.5, 0.6) is 11.5 Å². The van der Waals surface area contributed by atoms with Crippen molar-refractivity contribution in [2.75, 3.05) is 13.7 Å². The summed E-state index contributed by atoms with van der Waals surface area (Å²) in [6, 6.07) is 13.0. The number of carboxylic acid groups (broad SMARTS) is 1. The highest BCUT2D eigenvalue weighted by Crippen LogP contribution is 2.25. The molecular weight excluding hydrogens is 292 g/mol. The second-order valence-electron chi connectivity index (χ2n) is 5.50. The average molecular weight is 314 g/mol. The van der Waals surface area contributed by atoms with Gasteiger partial charge in [-0.25, -0.2) is 0 Å². The van der Waals surface area contributed by atoms with Crippen molar-refractivity contribution in [3.05, 3.63) is 59.2 Å². The molecular formula is C19H22O4. The van der Waals surface area contributed by atoms with E-state index in [1.165, 1.54) is 0 Å². The Hall–Kier alpha value is -2.49. The summed E-state index contributed by atoms with van der Waals surface area (Å²) < 4.78 is 10.9. The van der Waals surface area contributed by atoms with Gasteiger partial charge in [-0.15, -0.1) is 0 Å². The Morgan fingerprint density at radius 2 is 1.83 bits per heavy atom. The van der Waals surface area contributed by atoms with E-state index in [0.29, 0.717) is 18.8 Å². The van der Waals surface area contributed by atoms with Crippen molar-refractivity contribution in [1.82, 2.24) is 0 Å². The summed E-state index contributed by atoms with van der Waals surface area (Å²) in [5.74, 6) is 0.0825. The first-order valence-corrected chi connectivity index (χ1v) is 7.58. The van der Waals surface area contributed by atoms with Gasteiger partial charge in [0.1, 0.15) is 11.5 Å². The quantitative estimate of drug-likeness (QED) is 0.840. The number of aryl methyl sites for hydroxylation is 1. The molecule has 0 aliphatic heterocycles. The van der Waals surface area contributed by atoms with Gasteiger partial charge in [0.2, 0.25) is 0 Å². The molecule has 122 valence electrons. The molecule has 4 nitrogen and oxygen atoms in total. The minimum atomic E-state index is -0.847. The van der Waals surface area contributed by atoms with Crippen molar-refractivity contribution < 1.29 is 19.4 Å². The van der Waals surface area contributed by atoms with Gasteiger partial charge in [-0.3, -0.25) is 4.79 Å². The molecule has 0 amide bonds. The van der Waals surface area contributed by atoms with Gasteiger partial charge in [0, 0.05) is 0 Å². The lowest BCUT2D eigenvalue weighted by Gasteiger charge is -2.15. The lowest BCUT2D eigenvalue weighted by molar-refractivity contribution is -0.139. The van der Waals surface area contributed by atoms with Crippen LogP contribution in [0.25, 0.3) is 0 Å². The highest BCUT2D eigenvalue weighted by Gasteiger charge is 2.20. The van der Waals surface area contributed by atoms with Crippen molar-refractivity contribution in [3.63, 3.8) is 0 Å². The van der Waals surface area contributed by atoms with Gasteiger partial charge in [-0.05, 0) is 55.2 Å². The summed E-state index contributed by atoms with van der Waals surface area (Å²) in [5, 5.41) is 9.46. The van der Waals surface area contributed by atoms with Crippen LogP contribution in [0.3, 0.4) is 0 Å². The number of ether oxygens (including phenoxy) is 2. The maximum atomic E-state index is 11.5. The minimum Gasteiger partial charge on any atom is -0.497 e. The number of hydrogen-bond donors (Lipinski definition) is 1. The van der Waals surface area contributed by atoms with Gasteiger partial charge in [-0.1, -0.05) is 24.3 Å². The number of hydrogen-bond acceptors (Lipinski definition) is 3. The molecule has 23 heavy (non-hydrogen) atoms. The summed E-state index contributed by atoms with van der Waals surface area (Å²) in [6.07, 6.45) is 0.412. The summed E-state index contributed by atoms with van der Waals surface area (Å²) in [6.45, 7) is 4.38. The molecule has 0 spiro atoms. The zero-order valence-corrected chi connectivity index (χ0v) is 13.7. The Bertz CT molecular complexity index is 662. The molecule has 0 radical (unpaired) electrons. The molecule has 2 aromatic rings. The largest absolute Gasteiger partial charge is 0.497 e. The van der Waals surface area contributed by atoms with E-state index >= 15 is 0 Å². The van der Waals surface area contributed by atoms with Crippen LogP contribution in [-0.4, -0.2) is 24.8 Å². The van der Waals surface area contributed by atoms with Crippen LogP contribution in [-0.2, 0) is 4.79 Å². The third kappa shape index (κ3) is 4.25. The fourth-order valence-corrected chi connectivity index (χ4v) is 2.44. The Labute approximate surface area is 136 Å². The zero-order chi connectivity index (χ0) is 16.8. The van der Waals surface area contributed by atoms with Crippen LogP contribution < -0.4 is 9.47 Å². The number of rotatable bonds is 7. The van der Waals surface area contributed by atoms with E-state index in [1.54, 1.807) is 31.4 Å². The van der Waals surface area contributed by atoms with Gasteiger partial charge in [0.05, 0.1) is 19.6 Å². The van der Waals surface area contributed by atoms with Crippen LogP contribution in [0.15, 0.2) is 42.5 Å². The lowest BCUT2D eigenvalue weighted by atomic mass is 9.96. The van der Waals surface area contributed by atoms with Crippen LogP contribution in [0, 0.1) is 13.8 Å². The topological polar surface area (TPSA) is 55.8 Å². The third-order valence-electron chi connectivity index (χ3n) is 4.04. The molecule has 0 bridgehead atoms. The van der Waals surface area contributed by atoms with E-state index in [1.807, 2.05) is 32.0 Å². The fraction of sp³-hybridized carbons (Fsp3) is 0.316. The summed E-state index contributed by atoms with van der Waals surface area (Å²) >= 11 is 0. The van der Waals surface area contributed by atoms with E-state index in [2.05, 4.69) is 0 Å². The Balaban J connectivity index is 2.02. The Morgan fingerprint density at radius 3 is 2.43 bits per heavy atom. The Morgan fingerprint density at radius 1 is 1.13 bits per heavy atom. The molecule has 1 atom stereocenters. The second-order valence-corrected chi connectivity index (χ2v) is 5.50. The number of carboxylic acids is 1. The first-order chi connectivity index (χ1) is 11.0. The third-order valence-corrected chi connectivity index (χ3v) is 4.04. The molecule has 0 heterocycles.